The summed E-state index contributed by atoms with van der Waals surface area (Å²) in [5.74, 6) is -4.06. The zero-order valence-electron chi connectivity index (χ0n) is 17.2. The minimum absolute atomic E-state index is 0.0261. The summed E-state index contributed by atoms with van der Waals surface area (Å²) in [5.41, 5.74) is -2.14. The maximum Gasteiger partial charge on any atom is 0.321 e. The van der Waals surface area contributed by atoms with E-state index in [2.05, 4.69) is 10.2 Å². The van der Waals surface area contributed by atoms with Crippen LogP contribution in [0.1, 0.15) is 44.2 Å². The molecule has 1 unspecified atom stereocenters. The quantitative estimate of drug-likeness (QED) is 0.540. The number of benzene rings is 2. The van der Waals surface area contributed by atoms with E-state index in [0.717, 1.165) is 6.07 Å². The number of nitrogens with one attached hydrogen (secondary N) is 1. The normalized spacial score (nSPS) is 25.9. The van der Waals surface area contributed by atoms with E-state index >= 15 is 8.78 Å². The fraction of sp³-hybridized carbons (Fsp3) is 0.391. The molecule has 1 heterocycles. The van der Waals surface area contributed by atoms with E-state index in [4.69, 9.17) is 29.8 Å². The molecule has 1 aliphatic heterocycles. The van der Waals surface area contributed by atoms with E-state index < -0.39 is 41.1 Å². The first-order valence-electron chi connectivity index (χ1n) is 9.69. The molecular weight excluding hydrogens is 445 g/mol. The van der Waals surface area contributed by atoms with Gasteiger partial charge in [-0.15, -0.1) is 0 Å². The predicted octanol–water partition coefficient (Wildman–Crippen LogP) is 6.03. The van der Waals surface area contributed by atoms with Crippen molar-refractivity contribution in [3.8, 4) is 0 Å². The Morgan fingerprint density at radius 1 is 1.26 bits per heavy atom. The second kappa shape index (κ2) is 8.38. The highest BCUT2D eigenvalue weighted by Crippen LogP contribution is 2.53. The number of nitrogens with zero attached hydrogens (tertiary/aromatic N) is 1. The maximum atomic E-state index is 15.2. The van der Waals surface area contributed by atoms with E-state index in [0.29, 0.717) is 6.42 Å². The van der Waals surface area contributed by atoms with Crippen molar-refractivity contribution < 1.29 is 18.7 Å². The maximum absolute atomic E-state index is 15.2. The summed E-state index contributed by atoms with van der Waals surface area (Å²) in [4.78, 5) is 16.1. The molecule has 2 aromatic rings. The van der Waals surface area contributed by atoms with Crippen molar-refractivity contribution in [2.24, 2.45) is 5.41 Å². The molecule has 2 aromatic carbocycles. The van der Waals surface area contributed by atoms with E-state index in [1.807, 2.05) is 20.8 Å². The molecule has 0 bridgehead atoms. The van der Waals surface area contributed by atoms with Crippen molar-refractivity contribution in [2.75, 3.05) is 0 Å². The van der Waals surface area contributed by atoms with Crippen LogP contribution < -0.4 is 5.32 Å². The Kier molecular flexibility index (Phi) is 6.35. The molecule has 164 valence electrons. The molecule has 0 aliphatic carbocycles. The van der Waals surface area contributed by atoms with E-state index in [1.165, 1.54) is 30.3 Å². The van der Waals surface area contributed by atoms with Crippen molar-refractivity contribution in [2.45, 2.75) is 50.7 Å². The lowest BCUT2D eigenvalue weighted by Gasteiger charge is -2.33. The van der Waals surface area contributed by atoms with Gasteiger partial charge in [-0.25, -0.2) is 15.4 Å². The summed E-state index contributed by atoms with van der Waals surface area (Å²) in [7, 11) is 0. The molecule has 8 heteroatoms. The SMILES string of the molecule is [C-]#[N+][C@@]1(c2ccc(Cl)cc2F)C(c2cccc(Cl)c2F)[C@H](C(=O)O)N[C@H]1CC(C)(C)C. The molecule has 1 fully saturated rings. The molecular formula is C23H22Cl2F2N2O2. The Morgan fingerprint density at radius 2 is 1.94 bits per heavy atom. The van der Waals surface area contributed by atoms with Gasteiger partial charge in [0.25, 0.3) is 5.54 Å². The first kappa shape index (κ1) is 23.5. The monoisotopic (exact) mass is 466 g/mol. The minimum atomic E-state index is -1.74. The topological polar surface area (TPSA) is 53.7 Å². The van der Waals surface area contributed by atoms with Crippen molar-refractivity contribution in [1.82, 2.24) is 5.32 Å². The van der Waals surface area contributed by atoms with Gasteiger partial charge in [-0.05, 0) is 36.1 Å². The van der Waals surface area contributed by atoms with Crippen LogP contribution in [0, 0.1) is 23.6 Å². The lowest BCUT2D eigenvalue weighted by atomic mass is 9.68. The van der Waals surface area contributed by atoms with Gasteiger partial charge in [0.1, 0.15) is 17.7 Å². The number of carboxylic acid groups (broad SMARTS) is 1. The van der Waals surface area contributed by atoms with Gasteiger partial charge in [-0.3, -0.25) is 10.1 Å². The Labute approximate surface area is 190 Å². The molecule has 0 aromatic heterocycles. The van der Waals surface area contributed by atoms with Crippen molar-refractivity contribution in [1.29, 1.82) is 0 Å². The first-order chi connectivity index (χ1) is 14.4. The van der Waals surface area contributed by atoms with Gasteiger partial charge in [-0.2, -0.15) is 0 Å². The summed E-state index contributed by atoms with van der Waals surface area (Å²) in [6.45, 7) is 14.0. The van der Waals surface area contributed by atoms with Crippen LogP contribution in [0.2, 0.25) is 10.0 Å². The van der Waals surface area contributed by atoms with Crippen molar-refractivity contribution >= 4 is 29.2 Å². The molecule has 2 N–H and O–H groups in total. The van der Waals surface area contributed by atoms with Crippen LogP contribution in [0.4, 0.5) is 8.78 Å². The highest BCUT2D eigenvalue weighted by molar-refractivity contribution is 6.31. The largest absolute Gasteiger partial charge is 0.480 e. The predicted molar refractivity (Wildman–Crippen MR) is 116 cm³/mol. The van der Waals surface area contributed by atoms with Crippen LogP contribution in [0.5, 0.6) is 0 Å². The third kappa shape index (κ3) is 4.15. The fourth-order valence-corrected chi connectivity index (χ4v) is 4.85. The van der Waals surface area contributed by atoms with Gasteiger partial charge in [0.2, 0.25) is 0 Å². The molecule has 3 rings (SSSR count). The van der Waals surface area contributed by atoms with Crippen LogP contribution in [-0.4, -0.2) is 23.2 Å². The molecule has 0 spiro atoms. The average molecular weight is 467 g/mol. The Bertz CT molecular complexity index is 1060. The highest BCUT2D eigenvalue weighted by Gasteiger charge is 2.66. The van der Waals surface area contributed by atoms with E-state index in [1.54, 1.807) is 0 Å². The van der Waals surface area contributed by atoms with E-state index in [-0.39, 0.29) is 26.6 Å². The summed E-state index contributed by atoms with van der Waals surface area (Å²) >= 11 is 11.9. The van der Waals surface area contributed by atoms with Crippen molar-refractivity contribution in [3.05, 3.63) is 80.6 Å². The summed E-state index contributed by atoms with van der Waals surface area (Å²) in [5, 5.41) is 12.9. The van der Waals surface area contributed by atoms with Gasteiger partial charge in [0.15, 0.2) is 0 Å². The lowest BCUT2D eigenvalue weighted by molar-refractivity contribution is -0.139. The van der Waals surface area contributed by atoms with E-state index in [9.17, 15) is 9.90 Å². The van der Waals surface area contributed by atoms with Crippen molar-refractivity contribution in [3.63, 3.8) is 0 Å². The Balaban J connectivity index is 2.38. The molecule has 4 atom stereocenters. The average Bonchev–Trinajstić information content (AvgIpc) is 2.97. The van der Waals surface area contributed by atoms with Gasteiger partial charge < -0.3 is 9.95 Å². The first-order valence-corrected chi connectivity index (χ1v) is 10.4. The van der Waals surface area contributed by atoms with Crippen LogP contribution in [0.3, 0.4) is 0 Å². The molecule has 0 amide bonds. The number of carboxylic acids is 1. The molecule has 31 heavy (non-hydrogen) atoms. The summed E-state index contributed by atoms with van der Waals surface area (Å²) in [6, 6.07) is 6.04. The lowest BCUT2D eigenvalue weighted by Crippen LogP contribution is -2.43. The molecule has 1 aliphatic rings. The number of carbonyl (C=O) groups is 1. The number of hydrogen-bond donors (Lipinski definition) is 2. The number of hydrogen-bond acceptors (Lipinski definition) is 2. The third-order valence-corrected chi connectivity index (χ3v) is 6.19. The van der Waals surface area contributed by atoms with Gasteiger partial charge in [0, 0.05) is 10.6 Å². The third-order valence-electron chi connectivity index (χ3n) is 5.67. The summed E-state index contributed by atoms with van der Waals surface area (Å²) < 4.78 is 30.4. The highest BCUT2D eigenvalue weighted by atomic mass is 35.5. The number of halogens is 4. The Hall–Kier alpha value is -2.20. The van der Waals surface area contributed by atoms with Crippen LogP contribution >= 0.6 is 23.2 Å². The summed E-state index contributed by atoms with van der Waals surface area (Å²) in [6.07, 6.45) is 0.347. The zero-order valence-corrected chi connectivity index (χ0v) is 18.7. The van der Waals surface area contributed by atoms with Crippen LogP contribution in [0.15, 0.2) is 36.4 Å². The number of aliphatic carboxylic acids is 1. The second-order valence-electron chi connectivity index (χ2n) is 8.98. The molecule has 1 saturated heterocycles. The second-order valence-corrected chi connectivity index (χ2v) is 9.83. The standard InChI is InChI=1S/C23H22Cl2F2N2O2/c1-22(2,3)11-17-23(28-4,14-9-8-12(24)10-16(14)26)18(20(29-17)21(30)31)13-6-5-7-15(25)19(13)27/h5-10,17-18,20,29H,11H2,1-3H3,(H,30,31)/t17-,18?,20+,23+/m0/s1. The smallest absolute Gasteiger partial charge is 0.321 e. The zero-order chi connectivity index (χ0) is 23.1. The van der Waals surface area contributed by atoms with Gasteiger partial charge in [0.05, 0.1) is 22.5 Å². The molecule has 0 saturated carbocycles. The molecule has 4 nitrogen and oxygen atoms in total. The molecule has 0 radical (unpaired) electrons. The van der Waals surface area contributed by atoms with Crippen LogP contribution in [0.25, 0.3) is 4.85 Å². The minimum Gasteiger partial charge on any atom is -0.480 e. The fourth-order valence-electron chi connectivity index (χ4n) is 4.51. The van der Waals surface area contributed by atoms with Crippen LogP contribution in [-0.2, 0) is 10.3 Å². The number of rotatable bonds is 4. The Morgan fingerprint density at radius 3 is 2.48 bits per heavy atom. The van der Waals surface area contributed by atoms with Gasteiger partial charge in [-0.1, -0.05) is 56.1 Å². The van der Waals surface area contributed by atoms with Gasteiger partial charge >= 0.3 is 5.97 Å².